The van der Waals surface area contributed by atoms with E-state index in [-0.39, 0.29) is 12.5 Å². The average molecular weight is 336 g/mol. The first-order chi connectivity index (χ1) is 11.5. The predicted molar refractivity (Wildman–Crippen MR) is 95.8 cm³/mol. The highest BCUT2D eigenvalue weighted by Crippen LogP contribution is 2.16. The minimum Gasteiger partial charge on any atom is -0.497 e. The molecule has 24 heavy (non-hydrogen) atoms. The van der Waals surface area contributed by atoms with E-state index in [0.29, 0.717) is 19.1 Å². The van der Waals surface area contributed by atoms with Crippen molar-refractivity contribution in [3.8, 4) is 11.5 Å². The molecule has 0 heterocycles. The number of nitrogens with zero attached hydrogens (tertiary/aromatic N) is 3. The van der Waals surface area contributed by atoms with E-state index in [1.165, 1.54) is 4.90 Å². The Morgan fingerprint density at radius 3 is 2.33 bits per heavy atom. The molecule has 0 bridgehead atoms. The molecule has 0 unspecified atom stereocenters. The lowest BCUT2D eigenvalue weighted by Crippen LogP contribution is -2.41. The van der Waals surface area contributed by atoms with Crippen LogP contribution in [-0.2, 0) is 4.79 Å². The molecule has 0 saturated heterocycles. The van der Waals surface area contributed by atoms with Gasteiger partial charge in [-0.05, 0) is 31.2 Å². The van der Waals surface area contributed by atoms with Gasteiger partial charge in [-0.25, -0.2) is 4.99 Å². The molecule has 7 nitrogen and oxygen atoms in total. The molecule has 0 saturated carbocycles. The maximum absolute atomic E-state index is 11.7. The largest absolute Gasteiger partial charge is 0.497 e. The molecule has 1 aromatic carbocycles. The second-order valence-corrected chi connectivity index (χ2v) is 5.40. The molecule has 0 fully saturated rings. The molecule has 7 heteroatoms. The van der Waals surface area contributed by atoms with Crippen LogP contribution in [0.1, 0.15) is 6.92 Å². The highest BCUT2D eigenvalue weighted by Gasteiger charge is 2.08. The number of benzene rings is 1. The molecule has 1 rings (SSSR count). The second-order valence-electron chi connectivity index (χ2n) is 5.40. The molecular weight excluding hydrogens is 308 g/mol. The van der Waals surface area contributed by atoms with Gasteiger partial charge >= 0.3 is 0 Å². The SMILES string of the molecule is CCNC(=NCC(=O)N(C)C)N(C)CCOc1ccc(OC)cc1. The quantitative estimate of drug-likeness (QED) is 0.568. The van der Waals surface area contributed by atoms with E-state index in [2.05, 4.69) is 10.3 Å². The Kier molecular flexibility index (Phi) is 8.46. The van der Waals surface area contributed by atoms with Gasteiger partial charge in [0, 0.05) is 27.7 Å². The lowest BCUT2D eigenvalue weighted by atomic mass is 10.3. The molecular formula is C17H28N4O3. The zero-order valence-electron chi connectivity index (χ0n) is 15.2. The van der Waals surface area contributed by atoms with Crippen LogP contribution >= 0.6 is 0 Å². The highest BCUT2D eigenvalue weighted by atomic mass is 16.5. The van der Waals surface area contributed by atoms with Gasteiger partial charge in [-0.1, -0.05) is 0 Å². The van der Waals surface area contributed by atoms with Gasteiger partial charge < -0.3 is 24.6 Å². The van der Waals surface area contributed by atoms with Gasteiger partial charge in [-0.15, -0.1) is 0 Å². The minimum atomic E-state index is -0.0340. The van der Waals surface area contributed by atoms with Crippen LogP contribution in [0.2, 0.25) is 0 Å². The number of hydrogen-bond donors (Lipinski definition) is 1. The van der Waals surface area contributed by atoms with Gasteiger partial charge in [-0.3, -0.25) is 4.79 Å². The topological polar surface area (TPSA) is 66.4 Å². The van der Waals surface area contributed by atoms with Gasteiger partial charge in [0.1, 0.15) is 24.7 Å². The van der Waals surface area contributed by atoms with E-state index in [4.69, 9.17) is 9.47 Å². The van der Waals surface area contributed by atoms with Crippen molar-refractivity contribution in [2.75, 3.05) is 54.5 Å². The van der Waals surface area contributed by atoms with Crippen LogP contribution in [0.3, 0.4) is 0 Å². The van der Waals surface area contributed by atoms with Gasteiger partial charge in [-0.2, -0.15) is 0 Å². The Balaban J connectivity index is 2.50. The molecule has 1 N–H and O–H groups in total. The third kappa shape index (κ3) is 6.76. The van der Waals surface area contributed by atoms with Crippen LogP contribution in [0, 0.1) is 0 Å². The number of ether oxygens (including phenoxy) is 2. The maximum Gasteiger partial charge on any atom is 0.243 e. The number of methoxy groups -OCH3 is 1. The summed E-state index contributed by atoms with van der Waals surface area (Å²) in [5, 5.41) is 3.17. The van der Waals surface area contributed by atoms with Gasteiger partial charge in [0.2, 0.25) is 5.91 Å². The van der Waals surface area contributed by atoms with Crippen molar-refractivity contribution < 1.29 is 14.3 Å². The maximum atomic E-state index is 11.7. The van der Waals surface area contributed by atoms with Crippen molar-refractivity contribution in [1.29, 1.82) is 0 Å². The first-order valence-electron chi connectivity index (χ1n) is 7.94. The third-order valence-corrected chi connectivity index (χ3v) is 3.31. The fourth-order valence-corrected chi connectivity index (χ4v) is 1.83. The Morgan fingerprint density at radius 2 is 1.79 bits per heavy atom. The van der Waals surface area contributed by atoms with E-state index in [1.54, 1.807) is 21.2 Å². The van der Waals surface area contributed by atoms with Gasteiger partial charge in [0.05, 0.1) is 13.7 Å². The number of hydrogen-bond acceptors (Lipinski definition) is 4. The number of carbonyl (C=O) groups is 1. The lowest BCUT2D eigenvalue weighted by Gasteiger charge is -2.22. The van der Waals surface area contributed by atoms with E-state index in [9.17, 15) is 4.79 Å². The highest BCUT2D eigenvalue weighted by molar-refractivity contribution is 5.84. The number of carbonyl (C=O) groups excluding carboxylic acids is 1. The van der Waals surface area contributed by atoms with Crippen LogP contribution in [-0.4, -0.2) is 76.2 Å². The summed E-state index contributed by atoms with van der Waals surface area (Å²) < 4.78 is 10.8. The van der Waals surface area contributed by atoms with Crippen LogP contribution < -0.4 is 14.8 Å². The molecule has 1 aromatic rings. The number of guanidine groups is 1. The first-order valence-corrected chi connectivity index (χ1v) is 7.94. The number of likely N-dealkylation sites (N-methyl/N-ethyl adjacent to an activating group) is 2. The van der Waals surface area contributed by atoms with Gasteiger partial charge in [0.15, 0.2) is 5.96 Å². The molecule has 134 valence electrons. The molecule has 0 aliphatic rings. The van der Waals surface area contributed by atoms with Crippen molar-refractivity contribution in [2.45, 2.75) is 6.92 Å². The number of aliphatic imine (C=N–C) groups is 1. The number of amides is 1. The normalized spacial score (nSPS) is 11.0. The Bertz CT molecular complexity index is 529. The fourth-order valence-electron chi connectivity index (χ4n) is 1.83. The van der Waals surface area contributed by atoms with E-state index < -0.39 is 0 Å². The Morgan fingerprint density at radius 1 is 1.17 bits per heavy atom. The summed E-state index contributed by atoms with van der Waals surface area (Å²) in [6, 6.07) is 7.45. The molecule has 0 aromatic heterocycles. The number of rotatable bonds is 8. The van der Waals surface area contributed by atoms with Gasteiger partial charge in [0.25, 0.3) is 0 Å². The van der Waals surface area contributed by atoms with Crippen LogP contribution in [0.15, 0.2) is 29.3 Å². The van der Waals surface area contributed by atoms with Crippen LogP contribution in [0.5, 0.6) is 11.5 Å². The average Bonchev–Trinajstić information content (AvgIpc) is 2.58. The number of nitrogens with one attached hydrogen (secondary N) is 1. The molecule has 0 aliphatic carbocycles. The van der Waals surface area contributed by atoms with Crippen molar-refractivity contribution in [1.82, 2.24) is 15.1 Å². The first kappa shape index (κ1) is 19.6. The summed E-state index contributed by atoms with van der Waals surface area (Å²) in [6.45, 7) is 4.01. The smallest absolute Gasteiger partial charge is 0.243 e. The van der Waals surface area contributed by atoms with E-state index >= 15 is 0 Å². The monoisotopic (exact) mass is 336 g/mol. The molecule has 0 atom stereocenters. The summed E-state index contributed by atoms with van der Waals surface area (Å²) in [6.07, 6.45) is 0. The fraction of sp³-hybridized carbons (Fsp3) is 0.529. The van der Waals surface area contributed by atoms with E-state index in [0.717, 1.165) is 18.0 Å². The summed E-state index contributed by atoms with van der Waals surface area (Å²) in [4.78, 5) is 19.5. The van der Waals surface area contributed by atoms with Crippen LogP contribution in [0.4, 0.5) is 0 Å². The zero-order chi connectivity index (χ0) is 17.9. The van der Waals surface area contributed by atoms with Crippen molar-refractivity contribution >= 4 is 11.9 Å². The minimum absolute atomic E-state index is 0.0340. The predicted octanol–water partition coefficient (Wildman–Crippen LogP) is 1.06. The summed E-state index contributed by atoms with van der Waals surface area (Å²) >= 11 is 0. The summed E-state index contributed by atoms with van der Waals surface area (Å²) in [5.74, 6) is 2.24. The van der Waals surface area contributed by atoms with Crippen molar-refractivity contribution in [3.63, 3.8) is 0 Å². The van der Waals surface area contributed by atoms with Crippen molar-refractivity contribution in [2.24, 2.45) is 4.99 Å². The Labute approximate surface area is 144 Å². The van der Waals surface area contributed by atoms with Crippen molar-refractivity contribution in [3.05, 3.63) is 24.3 Å². The molecule has 1 amide bonds. The third-order valence-electron chi connectivity index (χ3n) is 3.31. The zero-order valence-corrected chi connectivity index (χ0v) is 15.2. The second kappa shape index (κ2) is 10.4. The standard InChI is InChI=1S/C17H28N4O3/c1-6-18-17(19-13-16(22)20(2)3)21(4)11-12-24-15-9-7-14(23-5)8-10-15/h7-10H,6,11-13H2,1-5H3,(H,18,19). The molecule has 0 radical (unpaired) electrons. The van der Waals surface area contributed by atoms with Crippen LogP contribution in [0.25, 0.3) is 0 Å². The summed E-state index contributed by atoms with van der Waals surface area (Å²) in [5.41, 5.74) is 0. The van der Waals surface area contributed by atoms with E-state index in [1.807, 2.05) is 43.1 Å². The molecule has 0 aliphatic heterocycles. The lowest BCUT2D eigenvalue weighted by molar-refractivity contribution is -0.127. The summed E-state index contributed by atoms with van der Waals surface area (Å²) in [7, 11) is 6.99. The Hall–Kier alpha value is -2.44. The molecule has 0 spiro atoms.